The predicted molar refractivity (Wildman–Crippen MR) is 109 cm³/mol. The minimum Gasteiger partial charge on any atom is -0.425 e. The van der Waals surface area contributed by atoms with Gasteiger partial charge in [-0.05, 0) is 24.1 Å². The van der Waals surface area contributed by atoms with Crippen LogP contribution in [0.25, 0.3) is 12.2 Å². The summed E-state index contributed by atoms with van der Waals surface area (Å²) in [6, 6.07) is 7.06. The third-order valence-corrected chi connectivity index (χ3v) is 3.82. The molecule has 1 N–H and O–H groups in total. The topological polar surface area (TPSA) is 91.3 Å². The quantitative estimate of drug-likeness (QED) is 0.178. The van der Waals surface area contributed by atoms with Crippen LogP contribution in [0.15, 0.2) is 49.3 Å². The molecule has 0 aliphatic carbocycles. The average molecular weight is 404 g/mol. The first-order valence-electron chi connectivity index (χ1n) is 9.27. The zero-order valence-electron chi connectivity index (χ0n) is 16.9. The highest BCUT2D eigenvalue weighted by Gasteiger charge is 2.32. The second-order valence-corrected chi connectivity index (χ2v) is 5.91. The summed E-state index contributed by atoms with van der Waals surface area (Å²) in [7, 11) is 0. The van der Waals surface area contributed by atoms with Gasteiger partial charge in [0.25, 0.3) is 0 Å². The number of rotatable bonds is 13. The molecule has 0 radical (unpaired) electrons. The van der Waals surface area contributed by atoms with Gasteiger partial charge in [0.15, 0.2) is 0 Å². The number of carbonyl (C=O) groups excluding carboxylic acids is 2. The van der Waals surface area contributed by atoms with Gasteiger partial charge < -0.3 is 24.1 Å². The van der Waals surface area contributed by atoms with E-state index in [1.807, 2.05) is 6.92 Å². The predicted octanol–water partition coefficient (Wildman–Crippen LogP) is 3.09. The van der Waals surface area contributed by atoms with Crippen molar-refractivity contribution < 1.29 is 33.6 Å². The van der Waals surface area contributed by atoms with E-state index in [-0.39, 0.29) is 19.6 Å². The standard InChI is InChI=1S/C22H28O7/c1-5-17-11-9-10-12-18(17)15-19(28-20(23)6-2)21(24)29-22(25,7-3)16-27-14-13-26-8-4/h5-6,9-12,15,25H,1-2,7-8,13-14,16H2,3-4H3/b19-15-. The molecule has 0 aliphatic heterocycles. The van der Waals surface area contributed by atoms with Crippen molar-refractivity contribution in [1.29, 1.82) is 0 Å². The Balaban J connectivity index is 3.01. The molecule has 7 heteroatoms. The molecule has 1 aromatic carbocycles. The lowest BCUT2D eigenvalue weighted by atomic mass is 10.1. The number of hydrogen-bond acceptors (Lipinski definition) is 7. The van der Waals surface area contributed by atoms with E-state index in [1.54, 1.807) is 37.3 Å². The Morgan fingerprint density at radius 3 is 2.34 bits per heavy atom. The summed E-state index contributed by atoms with van der Waals surface area (Å²) in [6.07, 6.45) is 3.92. The SMILES string of the molecule is C=CC(=O)O/C(=C\c1ccccc1C=C)C(=O)OC(O)(CC)COCCOCC. The zero-order chi connectivity index (χ0) is 21.7. The van der Waals surface area contributed by atoms with E-state index in [9.17, 15) is 14.7 Å². The number of hydrogen-bond donors (Lipinski definition) is 1. The van der Waals surface area contributed by atoms with E-state index in [0.29, 0.717) is 18.8 Å². The summed E-state index contributed by atoms with van der Waals surface area (Å²) in [6.45, 7) is 11.4. The number of ether oxygens (including phenoxy) is 4. The van der Waals surface area contributed by atoms with Crippen LogP contribution in [0.3, 0.4) is 0 Å². The normalized spacial score (nSPS) is 13.3. The molecule has 0 fully saturated rings. The van der Waals surface area contributed by atoms with Crippen LogP contribution in [-0.4, -0.2) is 49.3 Å². The van der Waals surface area contributed by atoms with Crippen molar-refractivity contribution in [3.63, 3.8) is 0 Å². The Morgan fingerprint density at radius 2 is 1.76 bits per heavy atom. The Hall–Kier alpha value is -2.74. The molecule has 0 bridgehead atoms. The van der Waals surface area contributed by atoms with Crippen molar-refractivity contribution in [3.05, 3.63) is 60.4 Å². The lowest BCUT2D eigenvalue weighted by Gasteiger charge is -2.26. The molecule has 0 heterocycles. The highest BCUT2D eigenvalue weighted by molar-refractivity contribution is 5.96. The number of esters is 2. The number of carbonyl (C=O) groups is 2. The van der Waals surface area contributed by atoms with Crippen molar-refractivity contribution in [2.45, 2.75) is 26.1 Å². The number of aliphatic hydroxyl groups is 1. The highest BCUT2D eigenvalue weighted by Crippen LogP contribution is 2.20. The van der Waals surface area contributed by atoms with Crippen molar-refractivity contribution in [3.8, 4) is 0 Å². The van der Waals surface area contributed by atoms with Gasteiger partial charge in [0.05, 0.1) is 13.2 Å². The fourth-order valence-corrected chi connectivity index (χ4v) is 2.17. The fourth-order valence-electron chi connectivity index (χ4n) is 2.17. The van der Waals surface area contributed by atoms with Gasteiger partial charge in [-0.1, -0.05) is 50.4 Å². The molecule has 0 spiro atoms. The van der Waals surface area contributed by atoms with Gasteiger partial charge in [-0.3, -0.25) is 0 Å². The molecule has 1 rings (SSSR count). The maximum atomic E-state index is 12.6. The van der Waals surface area contributed by atoms with Crippen molar-refractivity contribution in [2.75, 3.05) is 26.4 Å². The largest absolute Gasteiger partial charge is 0.425 e. The summed E-state index contributed by atoms with van der Waals surface area (Å²) in [5, 5.41) is 10.5. The van der Waals surface area contributed by atoms with Crippen LogP contribution in [0.1, 0.15) is 31.4 Å². The molecule has 0 aliphatic rings. The molecule has 1 aromatic rings. The molecule has 7 nitrogen and oxygen atoms in total. The monoisotopic (exact) mass is 404 g/mol. The first-order valence-corrected chi connectivity index (χ1v) is 9.27. The van der Waals surface area contributed by atoms with Crippen LogP contribution in [0.2, 0.25) is 0 Å². The second-order valence-electron chi connectivity index (χ2n) is 5.91. The molecule has 0 saturated carbocycles. The summed E-state index contributed by atoms with van der Waals surface area (Å²) >= 11 is 0. The lowest BCUT2D eigenvalue weighted by Crippen LogP contribution is -2.40. The van der Waals surface area contributed by atoms with Crippen LogP contribution in [0, 0.1) is 0 Å². The maximum absolute atomic E-state index is 12.6. The summed E-state index contributed by atoms with van der Waals surface area (Å²) < 4.78 is 20.7. The van der Waals surface area contributed by atoms with E-state index in [2.05, 4.69) is 13.2 Å². The molecule has 1 atom stereocenters. The van der Waals surface area contributed by atoms with Gasteiger partial charge in [0.1, 0.15) is 6.61 Å². The van der Waals surface area contributed by atoms with Gasteiger partial charge in [-0.25, -0.2) is 9.59 Å². The van der Waals surface area contributed by atoms with E-state index in [1.165, 1.54) is 6.08 Å². The van der Waals surface area contributed by atoms with E-state index >= 15 is 0 Å². The Bertz CT molecular complexity index is 738. The lowest BCUT2D eigenvalue weighted by molar-refractivity contribution is -0.229. The summed E-state index contributed by atoms with van der Waals surface area (Å²) in [5.41, 5.74) is 1.30. The third kappa shape index (κ3) is 8.43. The van der Waals surface area contributed by atoms with Crippen molar-refractivity contribution in [2.24, 2.45) is 0 Å². The van der Waals surface area contributed by atoms with Crippen LogP contribution in [-0.2, 0) is 28.5 Å². The molecular formula is C22H28O7. The highest BCUT2D eigenvalue weighted by atomic mass is 16.7. The molecule has 0 saturated heterocycles. The van der Waals surface area contributed by atoms with Gasteiger partial charge >= 0.3 is 11.9 Å². The van der Waals surface area contributed by atoms with Crippen LogP contribution < -0.4 is 0 Å². The third-order valence-electron chi connectivity index (χ3n) is 3.82. The molecule has 1 unspecified atom stereocenters. The molecular weight excluding hydrogens is 376 g/mol. The molecule has 0 amide bonds. The number of benzene rings is 1. The van der Waals surface area contributed by atoms with E-state index in [0.717, 1.165) is 11.6 Å². The van der Waals surface area contributed by atoms with Crippen molar-refractivity contribution >= 4 is 24.1 Å². The first-order chi connectivity index (χ1) is 13.9. The Labute approximate surface area is 171 Å². The zero-order valence-corrected chi connectivity index (χ0v) is 16.9. The molecule has 0 aromatic heterocycles. The average Bonchev–Trinajstić information content (AvgIpc) is 2.73. The second kappa shape index (κ2) is 12.7. The van der Waals surface area contributed by atoms with Gasteiger partial charge in [0, 0.05) is 19.1 Å². The Kier molecular flexibility index (Phi) is 10.6. The molecule has 29 heavy (non-hydrogen) atoms. The van der Waals surface area contributed by atoms with Gasteiger partial charge in [-0.15, -0.1) is 0 Å². The Morgan fingerprint density at radius 1 is 1.10 bits per heavy atom. The minimum atomic E-state index is -1.89. The van der Waals surface area contributed by atoms with Gasteiger partial charge in [-0.2, -0.15) is 0 Å². The minimum absolute atomic E-state index is 0.0688. The smallest absolute Gasteiger partial charge is 0.376 e. The van der Waals surface area contributed by atoms with E-state index in [4.69, 9.17) is 18.9 Å². The van der Waals surface area contributed by atoms with Crippen LogP contribution in [0.4, 0.5) is 0 Å². The fraction of sp³-hybridized carbons (Fsp3) is 0.364. The molecule has 158 valence electrons. The summed E-state index contributed by atoms with van der Waals surface area (Å²) in [4.78, 5) is 24.3. The first kappa shape index (κ1) is 24.3. The van der Waals surface area contributed by atoms with Crippen LogP contribution >= 0.6 is 0 Å². The summed E-state index contributed by atoms with van der Waals surface area (Å²) in [5.74, 6) is -4.14. The maximum Gasteiger partial charge on any atom is 0.376 e. The van der Waals surface area contributed by atoms with E-state index < -0.39 is 23.5 Å². The van der Waals surface area contributed by atoms with Crippen molar-refractivity contribution in [1.82, 2.24) is 0 Å². The van der Waals surface area contributed by atoms with Crippen LogP contribution in [0.5, 0.6) is 0 Å². The van der Waals surface area contributed by atoms with Gasteiger partial charge in [0.2, 0.25) is 11.5 Å².